The van der Waals surface area contributed by atoms with Gasteiger partial charge in [-0.2, -0.15) is 4.39 Å². The van der Waals surface area contributed by atoms with Crippen molar-refractivity contribution in [2.45, 2.75) is 26.3 Å². The molecule has 0 atom stereocenters. The summed E-state index contributed by atoms with van der Waals surface area (Å²) in [6.07, 6.45) is 0.662. The Kier molecular flexibility index (Phi) is 4.57. The van der Waals surface area contributed by atoms with Crippen LogP contribution < -0.4 is 16.6 Å². The van der Waals surface area contributed by atoms with Crippen LogP contribution in [0.15, 0.2) is 39.9 Å². The third kappa shape index (κ3) is 3.39. The van der Waals surface area contributed by atoms with E-state index in [4.69, 9.17) is 0 Å². The molecule has 21 heavy (non-hydrogen) atoms. The fourth-order valence-electron chi connectivity index (χ4n) is 2.09. The first kappa shape index (κ1) is 15.0. The third-order valence-electron chi connectivity index (χ3n) is 3.15. The molecule has 2 N–H and O–H groups in total. The van der Waals surface area contributed by atoms with Crippen LogP contribution in [0, 0.1) is 5.82 Å². The Balaban J connectivity index is 2.15. The normalized spacial score (nSPS) is 10.9. The molecule has 2 aromatic rings. The molecule has 0 fully saturated rings. The second-order valence-corrected chi connectivity index (χ2v) is 5.05. The van der Waals surface area contributed by atoms with Crippen molar-refractivity contribution >= 4 is 5.82 Å². The van der Waals surface area contributed by atoms with Crippen molar-refractivity contribution in [2.75, 3.05) is 11.9 Å². The van der Waals surface area contributed by atoms with E-state index < -0.39 is 23.1 Å². The number of benzene rings is 1. The first-order valence-corrected chi connectivity index (χ1v) is 6.83. The van der Waals surface area contributed by atoms with E-state index >= 15 is 0 Å². The Labute approximate surface area is 121 Å². The Morgan fingerprint density at radius 2 is 1.90 bits per heavy atom. The van der Waals surface area contributed by atoms with E-state index in [0.717, 1.165) is 10.1 Å². The van der Waals surface area contributed by atoms with Crippen LogP contribution in [0.4, 0.5) is 10.2 Å². The zero-order chi connectivity index (χ0) is 15.4. The van der Waals surface area contributed by atoms with E-state index in [1.54, 1.807) is 13.8 Å². The molecule has 0 aliphatic heterocycles. The average Bonchev–Trinajstić information content (AvgIpc) is 2.45. The lowest BCUT2D eigenvalue weighted by molar-refractivity contribution is 0.499. The SMILES string of the molecule is CC(C)n1c(=O)[nH]c(NCCc2ccccc2)c(F)c1=O. The van der Waals surface area contributed by atoms with Crippen molar-refractivity contribution in [2.24, 2.45) is 0 Å². The van der Waals surface area contributed by atoms with Crippen LogP contribution >= 0.6 is 0 Å². The van der Waals surface area contributed by atoms with Gasteiger partial charge in [-0.25, -0.2) is 4.79 Å². The van der Waals surface area contributed by atoms with Gasteiger partial charge in [-0.3, -0.25) is 14.3 Å². The highest BCUT2D eigenvalue weighted by atomic mass is 19.1. The van der Waals surface area contributed by atoms with Crippen LogP contribution in [-0.2, 0) is 6.42 Å². The molecule has 0 aliphatic rings. The highest BCUT2D eigenvalue weighted by Gasteiger charge is 2.15. The van der Waals surface area contributed by atoms with E-state index in [2.05, 4.69) is 10.3 Å². The topological polar surface area (TPSA) is 66.9 Å². The molecule has 0 aliphatic carbocycles. The molecule has 1 aromatic heterocycles. The van der Waals surface area contributed by atoms with Gasteiger partial charge in [0.15, 0.2) is 0 Å². The quantitative estimate of drug-likeness (QED) is 0.884. The van der Waals surface area contributed by atoms with Crippen molar-refractivity contribution in [1.29, 1.82) is 0 Å². The smallest absolute Gasteiger partial charge is 0.330 e. The summed E-state index contributed by atoms with van der Waals surface area (Å²) in [6.45, 7) is 3.72. The zero-order valence-corrected chi connectivity index (χ0v) is 12.0. The molecular formula is C15H18FN3O2. The van der Waals surface area contributed by atoms with Gasteiger partial charge in [0.2, 0.25) is 5.82 Å². The lowest BCUT2D eigenvalue weighted by Crippen LogP contribution is -2.39. The molecule has 0 unspecified atom stereocenters. The van der Waals surface area contributed by atoms with Crippen LogP contribution in [0.3, 0.4) is 0 Å². The number of hydrogen-bond donors (Lipinski definition) is 2. The van der Waals surface area contributed by atoms with Crippen LogP contribution in [0.1, 0.15) is 25.5 Å². The Hall–Kier alpha value is -2.37. The number of H-pyrrole nitrogens is 1. The molecule has 112 valence electrons. The van der Waals surface area contributed by atoms with Crippen molar-refractivity contribution < 1.29 is 4.39 Å². The molecule has 1 heterocycles. The summed E-state index contributed by atoms with van der Waals surface area (Å²) in [5, 5.41) is 2.77. The molecule has 5 nitrogen and oxygen atoms in total. The average molecular weight is 291 g/mol. The van der Waals surface area contributed by atoms with Gasteiger partial charge in [0.1, 0.15) is 5.82 Å². The summed E-state index contributed by atoms with van der Waals surface area (Å²) in [5.41, 5.74) is -0.433. The molecule has 0 spiro atoms. The number of nitrogens with zero attached hydrogens (tertiary/aromatic N) is 1. The molecule has 0 amide bonds. The number of halogens is 1. The number of hydrogen-bond acceptors (Lipinski definition) is 3. The zero-order valence-electron chi connectivity index (χ0n) is 12.0. The second kappa shape index (κ2) is 6.39. The largest absolute Gasteiger partial charge is 0.369 e. The highest BCUT2D eigenvalue weighted by Crippen LogP contribution is 2.06. The minimum atomic E-state index is -0.962. The van der Waals surface area contributed by atoms with E-state index in [1.165, 1.54) is 0 Å². The van der Waals surface area contributed by atoms with Crippen LogP contribution in [0.5, 0.6) is 0 Å². The summed E-state index contributed by atoms with van der Waals surface area (Å²) in [5.74, 6) is -1.12. The molecule has 1 aromatic carbocycles. The lowest BCUT2D eigenvalue weighted by Gasteiger charge is -2.12. The minimum Gasteiger partial charge on any atom is -0.369 e. The molecule has 2 rings (SSSR count). The minimum absolute atomic E-state index is 0.155. The van der Waals surface area contributed by atoms with Gasteiger partial charge in [-0.15, -0.1) is 0 Å². The fourth-order valence-corrected chi connectivity index (χ4v) is 2.09. The van der Waals surface area contributed by atoms with Gasteiger partial charge in [0, 0.05) is 12.6 Å². The predicted molar refractivity (Wildman–Crippen MR) is 80.3 cm³/mol. The molecule has 6 heteroatoms. The van der Waals surface area contributed by atoms with Gasteiger partial charge in [0.05, 0.1) is 0 Å². The van der Waals surface area contributed by atoms with Crippen molar-refractivity contribution in [3.05, 3.63) is 62.6 Å². The van der Waals surface area contributed by atoms with E-state index in [0.29, 0.717) is 13.0 Å². The maximum Gasteiger partial charge on any atom is 0.330 e. The summed E-state index contributed by atoms with van der Waals surface area (Å²) in [4.78, 5) is 26.0. The first-order chi connectivity index (χ1) is 10.0. The van der Waals surface area contributed by atoms with Crippen LogP contribution in [0.2, 0.25) is 0 Å². The van der Waals surface area contributed by atoms with Gasteiger partial charge in [-0.1, -0.05) is 30.3 Å². The summed E-state index contributed by atoms with van der Waals surface area (Å²) >= 11 is 0. The molecule has 0 bridgehead atoms. The summed E-state index contributed by atoms with van der Waals surface area (Å²) < 4.78 is 14.8. The predicted octanol–water partition coefficient (Wildman–Crippen LogP) is 1.91. The Morgan fingerprint density at radius 3 is 2.52 bits per heavy atom. The Morgan fingerprint density at radius 1 is 1.24 bits per heavy atom. The van der Waals surface area contributed by atoms with Crippen LogP contribution in [-0.4, -0.2) is 16.1 Å². The number of aromatic nitrogens is 2. The van der Waals surface area contributed by atoms with Gasteiger partial charge >= 0.3 is 5.69 Å². The van der Waals surface area contributed by atoms with Gasteiger partial charge < -0.3 is 5.32 Å². The van der Waals surface area contributed by atoms with Crippen molar-refractivity contribution in [1.82, 2.24) is 9.55 Å². The second-order valence-electron chi connectivity index (χ2n) is 5.05. The Bertz CT molecular complexity index is 720. The molecule has 0 saturated carbocycles. The molecular weight excluding hydrogens is 273 g/mol. The van der Waals surface area contributed by atoms with Crippen molar-refractivity contribution in [3.8, 4) is 0 Å². The maximum absolute atomic E-state index is 14.0. The van der Waals surface area contributed by atoms with E-state index in [1.807, 2.05) is 30.3 Å². The number of aromatic amines is 1. The van der Waals surface area contributed by atoms with Gasteiger partial charge in [0.25, 0.3) is 5.56 Å². The first-order valence-electron chi connectivity index (χ1n) is 6.83. The van der Waals surface area contributed by atoms with Crippen LogP contribution in [0.25, 0.3) is 0 Å². The van der Waals surface area contributed by atoms with E-state index in [9.17, 15) is 14.0 Å². The molecule has 0 radical (unpaired) electrons. The molecule has 0 saturated heterocycles. The number of rotatable bonds is 5. The highest BCUT2D eigenvalue weighted by molar-refractivity contribution is 5.34. The van der Waals surface area contributed by atoms with Crippen molar-refractivity contribution in [3.63, 3.8) is 0 Å². The standard InChI is InChI=1S/C15H18FN3O2/c1-10(2)19-14(20)12(16)13(18-15(19)21)17-9-8-11-6-4-3-5-7-11/h3-7,10,17H,8-9H2,1-2H3,(H,18,21). The third-order valence-corrected chi connectivity index (χ3v) is 3.15. The summed E-state index contributed by atoms with van der Waals surface area (Å²) in [6, 6.07) is 9.27. The lowest BCUT2D eigenvalue weighted by atomic mass is 10.1. The van der Waals surface area contributed by atoms with Gasteiger partial charge in [-0.05, 0) is 25.8 Å². The fraction of sp³-hybridized carbons (Fsp3) is 0.333. The summed E-state index contributed by atoms with van der Waals surface area (Å²) in [7, 11) is 0. The number of anilines is 1. The maximum atomic E-state index is 14.0. The number of nitrogens with one attached hydrogen (secondary N) is 2. The van der Waals surface area contributed by atoms with E-state index in [-0.39, 0.29) is 5.82 Å². The monoisotopic (exact) mass is 291 g/mol.